The third-order valence-electron chi connectivity index (χ3n) is 2.78. The van der Waals surface area contributed by atoms with E-state index in [9.17, 15) is 13.2 Å². The minimum Gasteiger partial charge on any atom is -0.406 e. The highest BCUT2D eigenvalue weighted by molar-refractivity contribution is 9.09. The molecule has 0 saturated carbocycles. The lowest BCUT2D eigenvalue weighted by Gasteiger charge is -2.13. The molecule has 1 unspecified atom stereocenters. The van der Waals surface area contributed by atoms with E-state index in [1.54, 1.807) is 18.2 Å². The summed E-state index contributed by atoms with van der Waals surface area (Å²) in [7, 11) is 0. The molecule has 0 aliphatic rings. The van der Waals surface area contributed by atoms with Crippen LogP contribution in [-0.4, -0.2) is 6.36 Å². The average molecular weight is 380 g/mol. The minimum atomic E-state index is -4.67. The Morgan fingerprint density at radius 3 is 2.33 bits per heavy atom. The monoisotopic (exact) mass is 378 g/mol. The van der Waals surface area contributed by atoms with Gasteiger partial charge in [-0.05, 0) is 41.8 Å². The van der Waals surface area contributed by atoms with Gasteiger partial charge in [-0.25, -0.2) is 0 Å². The number of hydrogen-bond donors (Lipinski definition) is 0. The fraction of sp³-hybridized carbons (Fsp3) is 0.200. The van der Waals surface area contributed by atoms with Gasteiger partial charge in [0.15, 0.2) is 0 Å². The number of rotatable bonds is 4. The molecule has 1 nitrogen and oxygen atoms in total. The van der Waals surface area contributed by atoms with E-state index in [2.05, 4.69) is 20.7 Å². The largest absolute Gasteiger partial charge is 0.573 e. The van der Waals surface area contributed by atoms with Crippen molar-refractivity contribution in [2.75, 3.05) is 0 Å². The number of ether oxygens (including phenoxy) is 1. The highest BCUT2D eigenvalue weighted by atomic mass is 79.9. The number of hydrogen-bond acceptors (Lipinski definition) is 1. The maximum atomic E-state index is 12.1. The summed E-state index contributed by atoms with van der Waals surface area (Å²) in [6, 6.07) is 13.3. The Morgan fingerprint density at radius 1 is 1.10 bits per heavy atom. The van der Waals surface area contributed by atoms with Crippen LogP contribution in [0.15, 0.2) is 48.5 Å². The molecule has 2 rings (SSSR count). The third kappa shape index (κ3) is 5.25. The Labute approximate surface area is 133 Å². The Morgan fingerprint density at radius 2 is 1.76 bits per heavy atom. The highest BCUT2D eigenvalue weighted by Crippen LogP contribution is 2.30. The molecular formula is C15H11BrClF3O. The van der Waals surface area contributed by atoms with Gasteiger partial charge in [-0.3, -0.25) is 0 Å². The van der Waals surface area contributed by atoms with Crippen molar-refractivity contribution in [3.63, 3.8) is 0 Å². The van der Waals surface area contributed by atoms with Gasteiger partial charge in [0.25, 0.3) is 0 Å². The minimum absolute atomic E-state index is 0.0177. The maximum absolute atomic E-state index is 12.1. The lowest BCUT2D eigenvalue weighted by atomic mass is 10.0. The zero-order valence-electron chi connectivity index (χ0n) is 10.7. The molecule has 112 valence electrons. The molecule has 0 saturated heterocycles. The first-order valence-electron chi connectivity index (χ1n) is 6.08. The van der Waals surface area contributed by atoms with E-state index < -0.39 is 6.36 Å². The van der Waals surface area contributed by atoms with Gasteiger partial charge in [0.2, 0.25) is 0 Å². The summed E-state index contributed by atoms with van der Waals surface area (Å²) in [5.74, 6) is -0.228. The van der Waals surface area contributed by atoms with Crippen LogP contribution in [0, 0.1) is 0 Å². The van der Waals surface area contributed by atoms with E-state index in [-0.39, 0.29) is 10.6 Å². The second-order valence-corrected chi connectivity index (χ2v) is 5.96. The van der Waals surface area contributed by atoms with Gasteiger partial charge in [0, 0.05) is 9.85 Å². The van der Waals surface area contributed by atoms with Crippen LogP contribution in [0.3, 0.4) is 0 Å². The first-order chi connectivity index (χ1) is 9.83. The van der Waals surface area contributed by atoms with Crippen molar-refractivity contribution < 1.29 is 17.9 Å². The number of alkyl halides is 4. The Kier molecular flexibility index (Phi) is 5.17. The molecule has 6 heteroatoms. The van der Waals surface area contributed by atoms with Crippen molar-refractivity contribution in [3.05, 3.63) is 64.7 Å². The SMILES string of the molecule is FC(F)(F)Oc1ccc(C(Br)Cc2cccc(Cl)c2)cc1. The van der Waals surface area contributed by atoms with Gasteiger partial charge in [-0.15, -0.1) is 13.2 Å². The second-order valence-electron chi connectivity index (χ2n) is 4.42. The molecule has 0 aliphatic heterocycles. The summed E-state index contributed by atoms with van der Waals surface area (Å²) in [5.41, 5.74) is 1.91. The zero-order valence-corrected chi connectivity index (χ0v) is 13.0. The molecule has 0 fully saturated rings. The van der Waals surface area contributed by atoms with Gasteiger partial charge >= 0.3 is 6.36 Å². The molecule has 0 aliphatic carbocycles. The van der Waals surface area contributed by atoms with Gasteiger partial charge in [-0.1, -0.05) is 51.8 Å². The molecule has 1 atom stereocenters. The number of benzene rings is 2. The van der Waals surface area contributed by atoms with Crippen LogP contribution in [0.5, 0.6) is 5.75 Å². The van der Waals surface area contributed by atoms with E-state index in [4.69, 9.17) is 11.6 Å². The van der Waals surface area contributed by atoms with Crippen molar-refractivity contribution >= 4 is 27.5 Å². The van der Waals surface area contributed by atoms with Crippen LogP contribution in [-0.2, 0) is 6.42 Å². The van der Waals surface area contributed by atoms with E-state index in [0.717, 1.165) is 11.1 Å². The van der Waals surface area contributed by atoms with Crippen molar-refractivity contribution in [3.8, 4) is 5.75 Å². The smallest absolute Gasteiger partial charge is 0.406 e. The Balaban J connectivity index is 2.04. The van der Waals surface area contributed by atoms with Crippen molar-refractivity contribution in [2.45, 2.75) is 17.6 Å². The predicted octanol–water partition coefficient (Wildman–Crippen LogP) is 5.92. The summed E-state index contributed by atoms with van der Waals surface area (Å²) < 4.78 is 40.1. The summed E-state index contributed by atoms with van der Waals surface area (Å²) in [5, 5.41) is 0.654. The first kappa shape index (κ1) is 16.2. The molecule has 0 spiro atoms. The molecular weight excluding hydrogens is 369 g/mol. The summed E-state index contributed by atoms with van der Waals surface area (Å²) >= 11 is 9.45. The van der Waals surface area contributed by atoms with Crippen LogP contribution < -0.4 is 4.74 Å². The highest BCUT2D eigenvalue weighted by Gasteiger charge is 2.31. The fourth-order valence-electron chi connectivity index (χ4n) is 1.87. The first-order valence-corrected chi connectivity index (χ1v) is 7.37. The second kappa shape index (κ2) is 6.71. The van der Waals surface area contributed by atoms with Gasteiger partial charge in [0.1, 0.15) is 5.75 Å². The fourth-order valence-corrected chi connectivity index (χ4v) is 2.76. The van der Waals surface area contributed by atoms with Crippen LogP contribution in [0.2, 0.25) is 5.02 Å². The maximum Gasteiger partial charge on any atom is 0.573 e. The molecule has 0 radical (unpaired) electrons. The Hall–Kier alpha value is -1.20. The average Bonchev–Trinajstić information content (AvgIpc) is 2.37. The quantitative estimate of drug-likeness (QED) is 0.599. The lowest BCUT2D eigenvalue weighted by Crippen LogP contribution is -2.17. The molecule has 0 N–H and O–H groups in total. The molecule has 0 bridgehead atoms. The summed E-state index contributed by atoms with van der Waals surface area (Å²) in [6.45, 7) is 0. The van der Waals surface area contributed by atoms with Crippen LogP contribution >= 0.6 is 27.5 Å². The van der Waals surface area contributed by atoms with E-state index in [1.807, 2.05) is 18.2 Å². The number of halogens is 5. The zero-order chi connectivity index (χ0) is 15.5. The van der Waals surface area contributed by atoms with E-state index in [0.29, 0.717) is 11.4 Å². The van der Waals surface area contributed by atoms with E-state index >= 15 is 0 Å². The molecule has 0 aromatic heterocycles. The van der Waals surface area contributed by atoms with Crippen molar-refractivity contribution in [1.82, 2.24) is 0 Å². The molecule has 0 amide bonds. The standard InChI is InChI=1S/C15H11BrClF3O/c16-14(9-10-2-1-3-12(17)8-10)11-4-6-13(7-5-11)21-15(18,19)20/h1-8,14H,9H2. The van der Waals surface area contributed by atoms with Gasteiger partial charge in [0.05, 0.1) is 0 Å². The summed E-state index contributed by atoms with van der Waals surface area (Å²) in [4.78, 5) is -0.0177. The molecule has 2 aromatic carbocycles. The normalized spacial score (nSPS) is 13.0. The predicted molar refractivity (Wildman–Crippen MR) is 79.9 cm³/mol. The van der Waals surface area contributed by atoms with Crippen LogP contribution in [0.1, 0.15) is 16.0 Å². The van der Waals surface area contributed by atoms with Crippen molar-refractivity contribution in [2.24, 2.45) is 0 Å². The topological polar surface area (TPSA) is 9.23 Å². The van der Waals surface area contributed by atoms with Crippen LogP contribution in [0.4, 0.5) is 13.2 Å². The third-order valence-corrected chi connectivity index (χ3v) is 3.87. The van der Waals surface area contributed by atoms with Crippen molar-refractivity contribution in [1.29, 1.82) is 0 Å². The van der Waals surface area contributed by atoms with Gasteiger partial charge in [-0.2, -0.15) is 0 Å². The lowest BCUT2D eigenvalue weighted by molar-refractivity contribution is -0.274. The Bertz CT molecular complexity index is 599. The molecule has 2 aromatic rings. The van der Waals surface area contributed by atoms with Gasteiger partial charge < -0.3 is 4.74 Å². The molecule has 0 heterocycles. The van der Waals surface area contributed by atoms with E-state index in [1.165, 1.54) is 12.1 Å². The molecule has 21 heavy (non-hydrogen) atoms. The summed E-state index contributed by atoms with van der Waals surface area (Å²) in [6.07, 6.45) is -3.99. The van der Waals surface area contributed by atoms with Crippen LogP contribution in [0.25, 0.3) is 0 Å².